The van der Waals surface area contributed by atoms with Gasteiger partial charge in [0.15, 0.2) is 0 Å². The summed E-state index contributed by atoms with van der Waals surface area (Å²) in [5.41, 5.74) is 5.66. The van der Waals surface area contributed by atoms with Gasteiger partial charge in [0, 0.05) is 6.04 Å². The van der Waals surface area contributed by atoms with Crippen molar-refractivity contribution in [2.24, 2.45) is 11.7 Å². The smallest absolute Gasteiger partial charge is 0.325 e. The summed E-state index contributed by atoms with van der Waals surface area (Å²) in [5, 5.41) is 0. The third-order valence-electron chi connectivity index (χ3n) is 1.65. The molecular weight excluding hydrogens is 193 g/mol. The summed E-state index contributed by atoms with van der Waals surface area (Å²) >= 11 is 0. The lowest BCUT2D eigenvalue weighted by molar-refractivity contribution is 0.119. The molecule has 0 aromatic heterocycles. The molecule has 0 rings (SSSR count). The molecule has 6 heteroatoms. The number of hydrogen-bond acceptors (Lipinski definition) is 3. The third-order valence-corrected chi connectivity index (χ3v) is 2.26. The predicted molar refractivity (Wildman–Crippen MR) is 50.0 cm³/mol. The van der Waals surface area contributed by atoms with Crippen molar-refractivity contribution in [3.8, 4) is 0 Å². The van der Waals surface area contributed by atoms with E-state index in [-0.39, 0.29) is 6.04 Å². The second-order valence-corrected chi connectivity index (χ2v) is 4.79. The van der Waals surface area contributed by atoms with E-state index in [9.17, 15) is 4.57 Å². The molecule has 5 nitrogen and oxygen atoms in total. The van der Waals surface area contributed by atoms with E-state index in [1.807, 2.05) is 13.8 Å². The van der Waals surface area contributed by atoms with Crippen molar-refractivity contribution >= 4 is 7.82 Å². The molecule has 4 N–H and O–H groups in total. The molecule has 0 amide bonds. The Kier molecular flexibility index (Phi) is 5.10. The first-order chi connectivity index (χ1) is 5.72. The molecule has 0 aliphatic rings. The van der Waals surface area contributed by atoms with Crippen molar-refractivity contribution in [2.75, 3.05) is 0 Å². The van der Waals surface area contributed by atoms with E-state index in [0.29, 0.717) is 12.3 Å². The van der Waals surface area contributed by atoms with Crippen molar-refractivity contribution in [3.05, 3.63) is 0 Å². The fraction of sp³-hybridized carbons (Fsp3) is 1.00. The number of phosphoric ester groups is 1. The van der Waals surface area contributed by atoms with Gasteiger partial charge in [-0.05, 0) is 19.3 Å². The largest absolute Gasteiger partial charge is 0.469 e. The Hall–Kier alpha value is 0.0700. The van der Waals surface area contributed by atoms with Gasteiger partial charge in [0.25, 0.3) is 0 Å². The van der Waals surface area contributed by atoms with Gasteiger partial charge in [-0.15, -0.1) is 0 Å². The number of hydrogen-bond donors (Lipinski definition) is 3. The Morgan fingerprint density at radius 3 is 2.15 bits per heavy atom. The van der Waals surface area contributed by atoms with E-state index in [2.05, 4.69) is 4.52 Å². The van der Waals surface area contributed by atoms with E-state index in [1.54, 1.807) is 6.92 Å². The van der Waals surface area contributed by atoms with Gasteiger partial charge in [0.1, 0.15) is 0 Å². The molecule has 0 aliphatic carbocycles. The Labute approximate surface area is 78.5 Å². The lowest BCUT2D eigenvalue weighted by Crippen LogP contribution is -2.35. The number of nitrogens with two attached hydrogens (primary N) is 1. The highest BCUT2D eigenvalue weighted by Gasteiger charge is 2.23. The molecule has 0 aromatic rings. The molecule has 0 aliphatic heterocycles. The van der Waals surface area contributed by atoms with Crippen LogP contribution >= 0.6 is 7.82 Å². The Balaban J connectivity index is 3.96. The highest BCUT2D eigenvalue weighted by atomic mass is 31.2. The molecule has 0 bridgehead atoms. The van der Waals surface area contributed by atoms with Crippen molar-refractivity contribution in [3.63, 3.8) is 0 Å². The molecule has 0 spiro atoms. The zero-order valence-corrected chi connectivity index (χ0v) is 9.07. The van der Waals surface area contributed by atoms with Crippen molar-refractivity contribution in [1.82, 2.24) is 0 Å². The predicted octanol–water partition coefficient (Wildman–Crippen LogP) is 0.858. The maximum Gasteiger partial charge on any atom is 0.469 e. The summed E-state index contributed by atoms with van der Waals surface area (Å²) in [4.78, 5) is 17.0. The Morgan fingerprint density at radius 1 is 1.38 bits per heavy atom. The number of rotatable bonds is 5. The minimum atomic E-state index is -4.40. The van der Waals surface area contributed by atoms with Crippen LogP contribution in [0.15, 0.2) is 0 Å². The van der Waals surface area contributed by atoms with Crippen LogP contribution in [-0.4, -0.2) is 21.9 Å². The summed E-state index contributed by atoms with van der Waals surface area (Å²) in [7, 11) is -4.40. The average Bonchev–Trinajstić information content (AvgIpc) is 1.81. The normalized spacial score (nSPS) is 17.5. The van der Waals surface area contributed by atoms with Crippen LogP contribution in [-0.2, 0) is 9.09 Å². The van der Waals surface area contributed by atoms with Crippen LogP contribution in [0.25, 0.3) is 0 Å². The molecule has 0 saturated carbocycles. The fourth-order valence-electron chi connectivity index (χ4n) is 1.03. The molecule has 2 atom stereocenters. The first kappa shape index (κ1) is 13.1. The minimum absolute atomic E-state index is 0.340. The van der Waals surface area contributed by atoms with E-state index in [1.165, 1.54) is 0 Å². The second-order valence-electron chi connectivity index (χ2n) is 3.59. The van der Waals surface area contributed by atoms with Crippen LogP contribution in [0.5, 0.6) is 0 Å². The zero-order valence-electron chi connectivity index (χ0n) is 8.17. The summed E-state index contributed by atoms with van der Waals surface area (Å²) in [6.07, 6.45) is 0.0597. The van der Waals surface area contributed by atoms with Gasteiger partial charge in [0.05, 0.1) is 6.10 Å². The molecule has 0 saturated heterocycles. The van der Waals surface area contributed by atoms with Gasteiger partial charge in [-0.2, -0.15) is 0 Å². The average molecular weight is 211 g/mol. The summed E-state index contributed by atoms with van der Waals surface area (Å²) in [5.74, 6) is 0.387. The Bertz CT molecular complexity index is 191. The maximum atomic E-state index is 10.4. The van der Waals surface area contributed by atoms with E-state index in [4.69, 9.17) is 15.5 Å². The highest BCUT2D eigenvalue weighted by molar-refractivity contribution is 7.46. The second kappa shape index (κ2) is 5.08. The first-order valence-electron chi connectivity index (χ1n) is 4.22. The fourth-order valence-corrected chi connectivity index (χ4v) is 1.62. The zero-order chi connectivity index (χ0) is 10.6. The Morgan fingerprint density at radius 2 is 1.85 bits per heavy atom. The van der Waals surface area contributed by atoms with Crippen LogP contribution in [0, 0.1) is 5.92 Å². The quantitative estimate of drug-likeness (QED) is 0.586. The summed E-state index contributed by atoms with van der Waals surface area (Å²) in [6, 6.07) is -0.340. The number of phosphoric acid groups is 1. The molecule has 0 fully saturated rings. The van der Waals surface area contributed by atoms with Crippen LogP contribution in [0.4, 0.5) is 0 Å². The van der Waals surface area contributed by atoms with Gasteiger partial charge >= 0.3 is 7.82 Å². The highest BCUT2D eigenvalue weighted by Crippen LogP contribution is 2.38. The summed E-state index contributed by atoms with van der Waals surface area (Å²) in [6.45, 7) is 5.54. The van der Waals surface area contributed by atoms with Gasteiger partial charge in [-0.3, -0.25) is 4.52 Å². The standard InChI is InChI=1S/C7H18NO4P/c1-5(2)4-7(8)6(3)12-13(9,10)11/h5-7H,4,8H2,1-3H3,(H2,9,10,11)/t6-,7-/m1/s1. The lowest BCUT2D eigenvalue weighted by atomic mass is 10.0. The van der Waals surface area contributed by atoms with Crippen molar-refractivity contribution in [2.45, 2.75) is 39.3 Å². The summed E-state index contributed by atoms with van der Waals surface area (Å²) < 4.78 is 14.9. The van der Waals surface area contributed by atoms with Crippen molar-refractivity contribution in [1.29, 1.82) is 0 Å². The van der Waals surface area contributed by atoms with Crippen LogP contribution in [0.1, 0.15) is 27.2 Å². The molecule has 13 heavy (non-hydrogen) atoms. The minimum Gasteiger partial charge on any atom is -0.325 e. The van der Waals surface area contributed by atoms with E-state index >= 15 is 0 Å². The van der Waals surface area contributed by atoms with Crippen molar-refractivity contribution < 1.29 is 18.9 Å². The van der Waals surface area contributed by atoms with Crippen LogP contribution in [0.2, 0.25) is 0 Å². The van der Waals surface area contributed by atoms with Crippen LogP contribution < -0.4 is 5.73 Å². The molecule has 0 radical (unpaired) electrons. The van der Waals surface area contributed by atoms with Gasteiger partial charge < -0.3 is 15.5 Å². The topological polar surface area (TPSA) is 92.8 Å². The maximum absolute atomic E-state index is 10.4. The monoisotopic (exact) mass is 211 g/mol. The molecule has 0 aromatic carbocycles. The third kappa shape index (κ3) is 7.16. The lowest BCUT2D eigenvalue weighted by Gasteiger charge is -2.21. The molecular formula is C7H18NO4P. The van der Waals surface area contributed by atoms with Gasteiger partial charge in [0.2, 0.25) is 0 Å². The molecule has 0 heterocycles. The first-order valence-corrected chi connectivity index (χ1v) is 5.75. The SMILES string of the molecule is CC(C)C[C@@H](N)[C@@H](C)OP(=O)(O)O. The van der Waals surface area contributed by atoms with E-state index in [0.717, 1.165) is 0 Å². The van der Waals surface area contributed by atoms with Gasteiger partial charge in [-0.25, -0.2) is 4.57 Å². The molecule has 0 unspecified atom stereocenters. The van der Waals surface area contributed by atoms with Crippen LogP contribution in [0.3, 0.4) is 0 Å². The van der Waals surface area contributed by atoms with E-state index < -0.39 is 13.9 Å². The molecule has 80 valence electrons. The van der Waals surface area contributed by atoms with Gasteiger partial charge in [-0.1, -0.05) is 13.8 Å².